The zero-order chi connectivity index (χ0) is 14.8. The van der Waals surface area contributed by atoms with Gasteiger partial charge < -0.3 is 5.73 Å². The molecule has 1 atom stereocenters. The van der Waals surface area contributed by atoms with E-state index < -0.39 is 0 Å². The van der Waals surface area contributed by atoms with Crippen molar-refractivity contribution < 1.29 is 0 Å². The van der Waals surface area contributed by atoms with E-state index in [1.807, 2.05) is 11.8 Å². The number of thioether (sulfide) groups is 1. The van der Waals surface area contributed by atoms with Crippen LogP contribution in [0.2, 0.25) is 0 Å². The predicted molar refractivity (Wildman–Crippen MR) is 94.0 cm³/mol. The summed E-state index contributed by atoms with van der Waals surface area (Å²) >= 11 is 1.94. The minimum atomic E-state index is 0.563. The maximum absolute atomic E-state index is 5.78. The van der Waals surface area contributed by atoms with Crippen molar-refractivity contribution in [3.8, 4) is 0 Å². The molecule has 2 N–H and O–H groups in total. The second-order valence-electron chi connectivity index (χ2n) is 6.64. The van der Waals surface area contributed by atoms with Crippen LogP contribution in [-0.2, 0) is 0 Å². The van der Waals surface area contributed by atoms with Gasteiger partial charge in [0.15, 0.2) is 0 Å². The van der Waals surface area contributed by atoms with E-state index in [1.54, 1.807) is 6.20 Å². The molecule has 0 saturated heterocycles. The first-order chi connectivity index (χ1) is 9.59. The van der Waals surface area contributed by atoms with Gasteiger partial charge in [-0.05, 0) is 62.0 Å². The quantitative estimate of drug-likeness (QED) is 0.584. The Morgan fingerprint density at radius 1 is 1.30 bits per heavy atom. The fourth-order valence-electron chi connectivity index (χ4n) is 3.01. The Balaban J connectivity index is 2.30. The van der Waals surface area contributed by atoms with Crippen molar-refractivity contribution in [2.75, 3.05) is 6.26 Å². The molecule has 0 spiro atoms. The van der Waals surface area contributed by atoms with Crippen LogP contribution in [0, 0.1) is 5.41 Å². The molecule has 1 saturated carbocycles. The van der Waals surface area contributed by atoms with E-state index in [-0.39, 0.29) is 0 Å². The van der Waals surface area contributed by atoms with Crippen molar-refractivity contribution in [3.63, 3.8) is 0 Å². The summed E-state index contributed by atoms with van der Waals surface area (Å²) in [5.41, 5.74) is 7.66. The smallest absolute Gasteiger partial charge is 0.00188 e. The molecule has 1 nitrogen and oxygen atoms in total. The molecule has 2 heteroatoms. The van der Waals surface area contributed by atoms with Crippen molar-refractivity contribution in [3.05, 3.63) is 23.9 Å². The highest BCUT2D eigenvalue weighted by Gasteiger charge is 2.26. The van der Waals surface area contributed by atoms with Crippen LogP contribution in [0.4, 0.5) is 0 Å². The third kappa shape index (κ3) is 6.88. The molecule has 1 aliphatic carbocycles. The number of rotatable bonds is 8. The Hall–Kier alpha value is -0.370. The van der Waals surface area contributed by atoms with E-state index in [9.17, 15) is 0 Å². The largest absolute Gasteiger partial charge is 0.404 e. The van der Waals surface area contributed by atoms with Crippen molar-refractivity contribution in [2.45, 2.75) is 76.9 Å². The fourth-order valence-corrected chi connectivity index (χ4v) is 3.38. The highest BCUT2D eigenvalue weighted by molar-refractivity contribution is 7.99. The van der Waals surface area contributed by atoms with Gasteiger partial charge in [0.2, 0.25) is 0 Å². The average Bonchev–Trinajstić information content (AvgIpc) is 2.47. The van der Waals surface area contributed by atoms with Gasteiger partial charge in [0.1, 0.15) is 0 Å². The number of hydrogen-bond donors (Lipinski definition) is 1. The highest BCUT2D eigenvalue weighted by atomic mass is 32.2. The summed E-state index contributed by atoms with van der Waals surface area (Å²) in [6.45, 7) is 4.76. The minimum Gasteiger partial charge on any atom is -0.404 e. The third-order valence-electron chi connectivity index (χ3n) is 4.77. The lowest BCUT2D eigenvalue weighted by molar-refractivity contribution is 0.200. The van der Waals surface area contributed by atoms with E-state index in [2.05, 4.69) is 32.3 Å². The average molecular weight is 296 g/mol. The van der Waals surface area contributed by atoms with Gasteiger partial charge in [-0.15, -0.1) is 0 Å². The van der Waals surface area contributed by atoms with Crippen LogP contribution in [0.5, 0.6) is 0 Å². The maximum Gasteiger partial charge on any atom is 0.00188 e. The third-order valence-corrected chi connectivity index (χ3v) is 5.81. The summed E-state index contributed by atoms with van der Waals surface area (Å²) in [6.07, 6.45) is 20.5. The van der Waals surface area contributed by atoms with E-state index in [4.69, 9.17) is 5.73 Å². The van der Waals surface area contributed by atoms with Crippen molar-refractivity contribution in [1.29, 1.82) is 0 Å². The first-order valence-electron chi connectivity index (χ1n) is 8.20. The Bertz CT molecular complexity index is 313. The van der Waals surface area contributed by atoms with Crippen LogP contribution in [0.1, 0.15) is 71.6 Å². The lowest BCUT2D eigenvalue weighted by atomic mass is 9.72. The van der Waals surface area contributed by atoms with Crippen LogP contribution in [0.15, 0.2) is 23.9 Å². The summed E-state index contributed by atoms with van der Waals surface area (Å²) in [4.78, 5) is 0. The van der Waals surface area contributed by atoms with Gasteiger partial charge >= 0.3 is 0 Å². The molecular formula is C18H33NS. The number of hydrogen-bond acceptors (Lipinski definition) is 2. The van der Waals surface area contributed by atoms with Gasteiger partial charge in [-0.25, -0.2) is 0 Å². The molecule has 0 aromatic rings. The topological polar surface area (TPSA) is 26.0 Å². The van der Waals surface area contributed by atoms with E-state index >= 15 is 0 Å². The van der Waals surface area contributed by atoms with E-state index in [1.165, 1.54) is 50.5 Å². The predicted octanol–water partition coefficient (Wildman–Crippen LogP) is 5.67. The zero-order valence-corrected chi connectivity index (χ0v) is 14.5. The number of allylic oxidation sites excluding steroid dienone is 3. The molecule has 1 fully saturated rings. The van der Waals surface area contributed by atoms with Gasteiger partial charge in [-0.3, -0.25) is 0 Å². The second kappa shape index (κ2) is 9.55. The van der Waals surface area contributed by atoms with E-state index in [0.29, 0.717) is 5.41 Å². The maximum atomic E-state index is 5.78. The zero-order valence-electron chi connectivity index (χ0n) is 13.7. The lowest BCUT2D eigenvalue weighted by Crippen LogP contribution is -2.20. The van der Waals surface area contributed by atoms with Crippen LogP contribution in [0.3, 0.4) is 0 Å². The van der Waals surface area contributed by atoms with Crippen molar-refractivity contribution in [1.82, 2.24) is 0 Å². The fraction of sp³-hybridized carbons (Fsp3) is 0.778. The van der Waals surface area contributed by atoms with Gasteiger partial charge in [-0.1, -0.05) is 45.3 Å². The molecule has 0 heterocycles. The van der Waals surface area contributed by atoms with Crippen LogP contribution in [0.25, 0.3) is 0 Å². The van der Waals surface area contributed by atoms with Gasteiger partial charge in [-0.2, -0.15) is 11.8 Å². The molecule has 0 aromatic heterocycles. The second-order valence-corrected chi connectivity index (χ2v) is 7.92. The van der Waals surface area contributed by atoms with Crippen LogP contribution >= 0.6 is 11.8 Å². The molecule has 20 heavy (non-hydrogen) atoms. The summed E-state index contributed by atoms with van der Waals surface area (Å²) in [6, 6.07) is 0. The van der Waals surface area contributed by atoms with Crippen LogP contribution < -0.4 is 5.73 Å². The molecule has 1 aliphatic rings. The summed E-state index contributed by atoms with van der Waals surface area (Å²) < 4.78 is 0. The van der Waals surface area contributed by atoms with Crippen molar-refractivity contribution >= 4 is 11.8 Å². The van der Waals surface area contributed by atoms with E-state index in [0.717, 1.165) is 18.1 Å². The summed E-state index contributed by atoms with van der Waals surface area (Å²) in [5, 5.41) is 0.756. The molecule has 0 aliphatic heterocycles. The van der Waals surface area contributed by atoms with Crippen LogP contribution in [-0.4, -0.2) is 11.5 Å². The Morgan fingerprint density at radius 2 is 2.00 bits per heavy atom. The molecule has 1 rings (SSSR count). The monoisotopic (exact) mass is 295 g/mol. The molecule has 116 valence electrons. The summed E-state index contributed by atoms with van der Waals surface area (Å²) in [7, 11) is 0. The molecule has 0 amide bonds. The minimum absolute atomic E-state index is 0.563. The lowest BCUT2D eigenvalue weighted by Gasteiger charge is -2.33. The first kappa shape index (κ1) is 17.7. The molecule has 0 bridgehead atoms. The Labute approximate surface area is 130 Å². The Kier molecular flexibility index (Phi) is 8.44. The summed E-state index contributed by atoms with van der Waals surface area (Å²) in [5.74, 6) is 0. The first-order valence-corrected chi connectivity index (χ1v) is 9.48. The molecule has 1 unspecified atom stereocenters. The van der Waals surface area contributed by atoms with Gasteiger partial charge in [0.05, 0.1) is 0 Å². The molecule has 0 radical (unpaired) electrons. The normalized spacial score (nSPS) is 21.2. The standard InChI is InChI=1S/C18H33NS/c1-16(20-3)9-5-6-10-17(15-19)11-14-18(2)12-7-4-8-13-18/h6,10,15-16H,4-5,7-9,11-14,19H2,1-3H3/b10-6-,17-15+. The highest BCUT2D eigenvalue weighted by Crippen LogP contribution is 2.40. The van der Waals surface area contributed by atoms with Crippen molar-refractivity contribution in [2.24, 2.45) is 11.1 Å². The van der Waals surface area contributed by atoms with Gasteiger partial charge in [0.25, 0.3) is 0 Å². The Morgan fingerprint density at radius 3 is 2.60 bits per heavy atom. The SMILES string of the molecule is CSC(C)CC/C=C\C(=C/N)CCC1(C)CCCCC1. The number of nitrogens with two attached hydrogens (primary N) is 1. The van der Waals surface area contributed by atoms with Gasteiger partial charge in [0, 0.05) is 5.25 Å². The molecule has 0 aromatic carbocycles. The molecular weight excluding hydrogens is 262 g/mol.